The summed E-state index contributed by atoms with van der Waals surface area (Å²) in [6.45, 7) is 1.03. The van der Waals surface area contributed by atoms with Crippen LogP contribution < -0.4 is 16.6 Å². The Morgan fingerprint density at radius 1 is 1.48 bits per heavy atom. The summed E-state index contributed by atoms with van der Waals surface area (Å²) in [5, 5.41) is 13.8. The Hall–Kier alpha value is -2.19. The van der Waals surface area contributed by atoms with E-state index in [1.165, 1.54) is 18.2 Å². The molecule has 0 aromatic heterocycles. The van der Waals surface area contributed by atoms with E-state index in [0.717, 1.165) is 19.3 Å². The maximum Gasteiger partial charge on any atom is 0.306 e. The lowest BCUT2D eigenvalue weighted by Crippen LogP contribution is -2.35. The SMILES string of the molecule is NNc1cccc(C(=O)NCC2CCCCO2)c1[N+](=O)[O-]. The van der Waals surface area contributed by atoms with Crippen molar-refractivity contribution in [2.75, 3.05) is 18.6 Å². The summed E-state index contributed by atoms with van der Waals surface area (Å²) >= 11 is 0. The molecule has 1 atom stereocenters. The number of anilines is 1. The van der Waals surface area contributed by atoms with E-state index in [2.05, 4.69) is 10.7 Å². The van der Waals surface area contributed by atoms with Gasteiger partial charge in [-0.15, -0.1) is 0 Å². The molecule has 0 radical (unpaired) electrons. The summed E-state index contributed by atoms with van der Waals surface area (Å²) in [4.78, 5) is 22.6. The number of rotatable bonds is 5. The Kier molecular flexibility index (Phi) is 5.07. The first-order valence-corrected chi connectivity index (χ1v) is 6.77. The van der Waals surface area contributed by atoms with Crippen molar-refractivity contribution in [1.82, 2.24) is 5.32 Å². The Morgan fingerprint density at radius 3 is 2.90 bits per heavy atom. The number of para-hydroxylation sites is 1. The highest BCUT2D eigenvalue weighted by molar-refractivity contribution is 6.00. The molecule has 4 N–H and O–H groups in total. The number of nitrogens with two attached hydrogens (primary N) is 1. The molecule has 1 saturated heterocycles. The van der Waals surface area contributed by atoms with Crippen LogP contribution in [0.3, 0.4) is 0 Å². The van der Waals surface area contributed by atoms with Crippen LogP contribution in [0.1, 0.15) is 29.6 Å². The third-order valence-corrected chi connectivity index (χ3v) is 3.38. The second kappa shape index (κ2) is 7.00. The van der Waals surface area contributed by atoms with Crippen molar-refractivity contribution in [3.05, 3.63) is 33.9 Å². The molecule has 1 heterocycles. The van der Waals surface area contributed by atoms with E-state index in [4.69, 9.17) is 10.6 Å². The Morgan fingerprint density at radius 2 is 2.29 bits per heavy atom. The van der Waals surface area contributed by atoms with Gasteiger partial charge in [0.15, 0.2) is 0 Å². The first-order valence-electron chi connectivity index (χ1n) is 6.77. The maximum atomic E-state index is 12.1. The molecule has 0 aliphatic carbocycles. The number of nitro groups is 1. The number of nitrogen functional groups attached to an aromatic ring is 1. The molecular formula is C13H18N4O4. The highest BCUT2D eigenvalue weighted by atomic mass is 16.6. The van der Waals surface area contributed by atoms with Gasteiger partial charge in [-0.3, -0.25) is 20.8 Å². The topological polar surface area (TPSA) is 120 Å². The highest BCUT2D eigenvalue weighted by Crippen LogP contribution is 2.27. The van der Waals surface area contributed by atoms with E-state index in [-0.39, 0.29) is 23.0 Å². The standard InChI is InChI=1S/C13H18N4O4/c14-16-11-6-3-5-10(12(11)17(19)20)13(18)15-8-9-4-1-2-7-21-9/h3,5-6,9,16H,1-2,4,7-8,14H2,(H,15,18). The minimum absolute atomic E-state index is 0.0220. The summed E-state index contributed by atoms with van der Waals surface area (Å²) in [7, 11) is 0. The second-order valence-corrected chi connectivity index (χ2v) is 4.80. The first kappa shape index (κ1) is 15.2. The fraction of sp³-hybridized carbons (Fsp3) is 0.462. The van der Waals surface area contributed by atoms with Gasteiger partial charge in [0.2, 0.25) is 0 Å². The van der Waals surface area contributed by atoms with Crippen LogP contribution in [0.4, 0.5) is 11.4 Å². The van der Waals surface area contributed by atoms with Gasteiger partial charge >= 0.3 is 5.69 Å². The summed E-state index contributed by atoms with van der Waals surface area (Å²) in [6.07, 6.45) is 2.94. The largest absolute Gasteiger partial charge is 0.376 e. The Labute approximate surface area is 121 Å². The Balaban J connectivity index is 2.09. The number of ether oxygens (including phenoxy) is 1. The third kappa shape index (κ3) is 3.67. The van der Waals surface area contributed by atoms with Crippen molar-refractivity contribution in [2.24, 2.45) is 5.84 Å². The summed E-state index contributed by atoms with van der Waals surface area (Å²) < 4.78 is 5.51. The molecular weight excluding hydrogens is 276 g/mol. The van der Waals surface area contributed by atoms with Gasteiger partial charge in [0.1, 0.15) is 11.3 Å². The third-order valence-electron chi connectivity index (χ3n) is 3.38. The second-order valence-electron chi connectivity index (χ2n) is 4.80. The minimum Gasteiger partial charge on any atom is -0.376 e. The van der Waals surface area contributed by atoms with Crippen LogP contribution in [0.2, 0.25) is 0 Å². The molecule has 0 bridgehead atoms. The maximum absolute atomic E-state index is 12.1. The molecule has 2 rings (SSSR count). The van der Waals surface area contributed by atoms with Gasteiger partial charge in [-0.05, 0) is 31.4 Å². The van der Waals surface area contributed by atoms with Crippen molar-refractivity contribution < 1.29 is 14.5 Å². The zero-order chi connectivity index (χ0) is 15.2. The van der Waals surface area contributed by atoms with Gasteiger partial charge in [0.25, 0.3) is 5.91 Å². The monoisotopic (exact) mass is 294 g/mol. The molecule has 8 nitrogen and oxygen atoms in total. The van der Waals surface area contributed by atoms with E-state index in [9.17, 15) is 14.9 Å². The van der Waals surface area contributed by atoms with Crippen LogP contribution in [0.25, 0.3) is 0 Å². The van der Waals surface area contributed by atoms with E-state index >= 15 is 0 Å². The van der Waals surface area contributed by atoms with Crippen molar-refractivity contribution in [2.45, 2.75) is 25.4 Å². The van der Waals surface area contributed by atoms with Crippen LogP contribution in [-0.2, 0) is 4.74 Å². The summed E-state index contributed by atoms with van der Waals surface area (Å²) in [6, 6.07) is 4.38. The lowest BCUT2D eigenvalue weighted by molar-refractivity contribution is -0.384. The molecule has 8 heteroatoms. The van der Waals surface area contributed by atoms with Gasteiger partial charge in [-0.2, -0.15) is 0 Å². The highest BCUT2D eigenvalue weighted by Gasteiger charge is 2.25. The van der Waals surface area contributed by atoms with Crippen LogP contribution in [-0.4, -0.2) is 30.1 Å². The molecule has 0 spiro atoms. The lowest BCUT2D eigenvalue weighted by atomic mass is 10.1. The molecule has 114 valence electrons. The van der Waals surface area contributed by atoms with Crippen LogP contribution in [0.5, 0.6) is 0 Å². The number of nitrogens with one attached hydrogen (secondary N) is 2. The number of carbonyl (C=O) groups is 1. The van der Waals surface area contributed by atoms with Crippen molar-refractivity contribution in [1.29, 1.82) is 0 Å². The number of hydrazine groups is 1. The van der Waals surface area contributed by atoms with Crippen LogP contribution >= 0.6 is 0 Å². The van der Waals surface area contributed by atoms with Gasteiger partial charge < -0.3 is 15.5 Å². The molecule has 1 amide bonds. The van der Waals surface area contributed by atoms with Gasteiger partial charge in [0, 0.05) is 13.2 Å². The van der Waals surface area contributed by atoms with Crippen molar-refractivity contribution in [3.8, 4) is 0 Å². The van der Waals surface area contributed by atoms with Crippen LogP contribution in [0, 0.1) is 10.1 Å². The lowest BCUT2D eigenvalue weighted by Gasteiger charge is -2.22. The number of nitro benzene ring substituents is 1. The van der Waals surface area contributed by atoms with Crippen molar-refractivity contribution >= 4 is 17.3 Å². The predicted octanol–water partition coefficient (Wildman–Crippen LogP) is 1.18. The van der Waals surface area contributed by atoms with E-state index in [0.29, 0.717) is 13.2 Å². The number of nitrogens with zero attached hydrogens (tertiary/aromatic N) is 1. The van der Waals surface area contributed by atoms with E-state index < -0.39 is 10.8 Å². The van der Waals surface area contributed by atoms with Crippen LogP contribution in [0.15, 0.2) is 18.2 Å². The molecule has 0 saturated carbocycles. The number of hydrogen-bond acceptors (Lipinski definition) is 6. The van der Waals surface area contributed by atoms with Gasteiger partial charge in [-0.1, -0.05) is 6.07 Å². The molecule has 1 aromatic carbocycles. The fourth-order valence-electron chi connectivity index (χ4n) is 2.31. The van der Waals surface area contributed by atoms with E-state index in [1.807, 2.05) is 0 Å². The summed E-state index contributed by atoms with van der Waals surface area (Å²) in [5.74, 6) is 4.74. The first-order chi connectivity index (χ1) is 10.1. The Bertz CT molecular complexity index is 529. The van der Waals surface area contributed by atoms with Gasteiger partial charge in [0.05, 0.1) is 11.0 Å². The number of carbonyl (C=O) groups excluding carboxylic acids is 1. The predicted molar refractivity (Wildman–Crippen MR) is 76.8 cm³/mol. The smallest absolute Gasteiger partial charge is 0.306 e. The van der Waals surface area contributed by atoms with E-state index in [1.54, 1.807) is 0 Å². The number of benzene rings is 1. The van der Waals surface area contributed by atoms with Crippen molar-refractivity contribution in [3.63, 3.8) is 0 Å². The number of amides is 1. The average molecular weight is 294 g/mol. The minimum atomic E-state index is -0.624. The summed E-state index contributed by atoms with van der Waals surface area (Å²) in [5.41, 5.74) is 1.98. The normalized spacial score (nSPS) is 18.0. The quantitative estimate of drug-likeness (QED) is 0.426. The average Bonchev–Trinajstić information content (AvgIpc) is 2.52. The zero-order valence-corrected chi connectivity index (χ0v) is 11.5. The molecule has 1 fully saturated rings. The molecule has 1 unspecified atom stereocenters. The number of hydrogen-bond donors (Lipinski definition) is 3. The van der Waals surface area contributed by atoms with Gasteiger partial charge in [-0.25, -0.2) is 0 Å². The zero-order valence-electron chi connectivity index (χ0n) is 11.5. The molecule has 1 aromatic rings. The fourth-order valence-corrected chi connectivity index (χ4v) is 2.31. The molecule has 21 heavy (non-hydrogen) atoms. The molecule has 1 aliphatic rings. The molecule has 1 aliphatic heterocycles.